The lowest BCUT2D eigenvalue weighted by Gasteiger charge is -2.38. The molecule has 2 fully saturated rings. The highest BCUT2D eigenvalue weighted by Gasteiger charge is 2.38. The summed E-state index contributed by atoms with van der Waals surface area (Å²) in [6, 6.07) is 7.81. The van der Waals surface area contributed by atoms with Crippen LogP contribution in [0.4, 0.5) is 5.13 Å². The summed E-state index contributed by atoms with van der Waals surface area (Å²) >= 11 is 1.49. The number of amides is 2. The van der Waals surface area contributed by atoms with E-state index in [0.717, 1.165) is 10.2 Å². The average molecular weight is 345 g/mol. The summed E-state index contributed by atoms with van der Waals surface area (Å²) in [7, 11) is 0. The van der Waals surface area contributed by atoms with Crippen molar-refractivity contribution in [3.63, 3.8) is 0 Å². The van der Waals surface area contributed by atoms with Crippen molar-refractivity contribution in [3.05, 3.63) is 24.3 Å². The van der Waals surface area contributed by atoms with E-state index in [4.69, 9.17) is 4.74 Å². The zero-order valence-corrected chi connectivity index (χ0v) is 14.3. The minimum absolute atomic E-state index is 0.0327. The lowest BCUT2D eigenvalue weighted by atomic mass is 9.88. The van der Waals surface area contributed by atoms with Crippen LogP contribution in [0.15, 0.2) is 24.3 Å². The third-order valence-corrected chi connectivity index (χ3v) is 5.66. The van der Waals surface area contributed by atoms with Gasteiger partial charge in [-0.1, -0.05) is 30.4 Å². The Balaban J connectivity index is 1.43. The van der Waals surface area contributed by atoms with Crippen LogP contribution in [0, 0.1) is 11.3 Å². The van der Waals surface area contributed by atoms with Gasteiger partial charge in [0.1, 0.15) is 0 Å². The number of anilines is 1. The second-order valence-corrected chi connectivity index (χ2v) is 7.90. The molecule has 126 valence electrons. The lowest BCUT2D eigenvalue weighted by Crippen LogP contribution is -2.49. The largest absolute Gasteiger partial charge is 0.380 e. The number of ether oxygens (including phenoxy) is 1. The Morgan fingerprint density at radius 3 is 2.96 bits per heavy atom. The van der Waals surface area contributed by atoms with E-state index in [1.54, 1.807) is 4.90 Å². The van der Waals surface area contributed by atoms with Gasteiger partial charge in [0.15, 0.2) is 5.13 Å². The molecule has 6 nitrogen and oxygen atoms in total. The smallest absolute Gasteiger partial charge is 0.229 e. The number of nitrogens with zero attached hydrogens (tertiary/aromatic N) is 2. The maximum Gasteiger partial charge on any atom is 0.229 e. The van der Waals surface area contributed by atoms with Crippen molar-refractivity contribution in [1.29, 1.82) is 0 Å². The molecule has 2 aliphatic rings. The van der Waals surface area contributed by atoms with Crippen LogP contribution in [0.1, 0.15) is 13.3 Å². The highest BCUT2D eigenvalue weighted by molar-refractivity contribution is 7.22. The summed E-state index contributed by atoms with van der Waals surface area (Å²) in [6.45, 7) is 4.43. The Bertz CT molecular complexity index is 766. The predicted octanol–water partition coefficient (Wildman–Crippen LogP) is 1.80. The zero-order valence-electron chi connectivity index (χ0n) is 13.4. The topological polar surface area (TPSA) is 71.5 Å². The van der Waals surface area contributed by atoms with Gasteiger partial charge in [0.2, 0.25) is 11.8 Å². The van der Waals surface area contributed by atoms with Gasteiger partial charge in [-0.3, -0.25) is 14.5 Å². The molecule has 2 amide bonds. The summed E-state index contributed by atoms with van der Waals surface area (Å²) in [5, 5.41) is 3.65. The molecule has 0 aliphatic carbocycles. The molecule has 4 rings (SSSR count). The molecule has 3 heterocycles. The third-order valence-electron chi connectivity index (χ3n) is 4.60. The molecular weight excluding hydrogens is 326 g/mol. The molecule has 24 heavy (non-hydrogen) atoms. The first-order valence-corrected chi connectivity index (χ1v) is 8.87. The third kappa shape index (κ3) is 2.78. The number of thiazole rings is 1. The molecule has 1 N–H and O–H groups in total. The first-order chi connectivity index (χ1) is 11.5. The molecule has 0 radical (unpaired) electrons. The number of nitrogens with one attached hydrogen (secondary N) is 1. The quantitative estimate of drug-likeness (QED) is 0.917. The minimum Gasteiger partial charge on any atom is -0.380 e. The lowest BCUT2D eigenvalue weighted by molar-refractivity contribution is -0.130. The van der Waals surface area contributed by atoms with E-state index >= 15 is 0 Å². The standard InChI is InChI=1S/C17H19N3O3S/c1-17(9-23-10-17)8-18-15(22)11-6-14(21)20(7-11)16-19-12-4-2-3-5-13(12)24-16/h2-5,11H,6-10H2,1H3,(H,18,22). The van der Waals surface area contributed by atoms with E-state index in [0.29, 0.717) is 31.4 Å². The van der Waals surface area contributed by atoms with Gasteiger partial charge < -0.3 is 10.1 Å². The van der Waals surface area contributed by atoms with Gasteiger partial charge in [-0.05, 0) is 12.1 Å². The number of fused-ring (bicyclic) bond motifs is 1. The molecule has 1 aromatic carbocycles. The van der Waals surface area contributed by atoms with Gasteiger partial charge in [0.25, 0.3) is 0 Å². The van der Waals surface area contributed by atoms with Gasteiger partial charge >= 0.3 is 0 Å². The van der Waals surface area contributed by atoms with E-state index in [2.05, 4.69) is 17.2 Å². The molecule has 1 aromatic heterocycles. The van der Waals surface area contributed by atoms with Crippen LogP contribution >= 0.6 is 11.3 Å². The maximum absolute atomic E-state index is 12.4. The van der Waals surface area contributed by atoms with Crippen LogP contribution in [0.2, 0.25) is 0 Å². The Labute approximate surface area is 143 Å². The molecule has 7 heteroatoms. The number of benzene rings is 1. The van der Waals surface area contributed by atoms with Gasteiger partial charge in [-0.15, -0.1) is 0 Å². The highest BCUT2D eigenvalue weighted by Crippen LogP contribution is 2.33. The number of para-hydroxylation sites is 1. The van der Waals surface area contributed by atoms with Crippen molar-refractivity contribution in [2.75, 3.05) is 31.2 Å². The van der Waals surface area contributed by atoms with E-state index in [-0.39, 0.29) is 29.6 Å². The van der Waals surface area contributed by atoms with E-state index < -0.39 is 0 Å². The maximum atomic E-state index is 12.4. The molecule has 2 aliphatic heterocycles. The molecular formula is C17H19N3O3S. The second kappa shape index (κ2) is 5.82. The van der Waals surface area contributed by atoms with Gasteiger partial charge in [0.05, 0.1) is 29.3 Å². The molecule has 0 bridgehead atoms. The number of carbonyl (C=O) groups excluding carboxylic acids is 2. The predicted molar refractivity (Wildman–Crippen MR) is 92.0 cm³/mol. The molecule has 2 saturated heterocycles. The molecule has 1 atom stereocenters. The minimum atomic E-state index is -0.311. The van der Waals surface area contributed by atoms with Gasteiger partial charge in [0, 0.05) is 24.9 Å². The Hall–Kier alpha value is -1.99. The van der Waals surface area contributed by atoms with Crippen LogP contribution in [0.25, 0.3) is 10.2 Å². The molecule has 0 spiro atoms. The fourth-order valence-corrected chi connectivity index (χ4v) is 4.03. The summed E-state index contributed by atoms with van der Waals surface area (Å²) in [4.78, 5) is 30.9. The van der Waals surface area contributed by atoms with E-state index in [1.807, 2.05) is 24.3 Å². The number of aromatic nitrogens is 1. The molecule has 1 unspecified atom stereocenters. The zero-order chi connectivity index (χ0) is 16.7. The first-order valence-electron chi connectivity index (χ1n) is 8.05. The monoisotopic (exact) mass is 345 g/mol. The second-order valence-electron chi connectivity index (χ2n) is 6.89. The van der Waals surface area contributed by atoms with E-state index in [1.165, 1.54) is 11.3 Å². The van der Waals surface area contributed by atoms with Gasteiger partial charge in [-0.25, -0.2) is 4.98 Å². The van der Waals surface area contributed by atoms with Crippen LogP contribution in [-0.4, -0.2) is 43.1 Å². The van der Waals surface area contributed by atoms with Crippen LogP contribution in [0.5, 0.6) is 0 Å². The Morgan fingerprint density at radius 1 is 1.46 bits per heavy atom. The van der Waals surface area contributed by atoms with Crippen molar-refractivity contribution < 1.29 is 14.3 Å². The summed E-state index contributed by atoms with van der Waals surface area (Å²) < 4.78 is 6.24. The summed E-state index contributed by atoms with van der Waals surface area (Å²) in [5.41, 5.74) is 0.918. The number of hydrogen-bond acceptors (Lipinski definition) is 5. The van der Waals surface area contributed by atoms with Crippen molar-refractivity contribution >= 4 is 38.5 Å². The fourth-order valence-electron chi connectivity index (χ4n) is 3.04. The number of rotatable bonds is 4. The fraction of sp³-hybridized carbons (Fsp3) is 0.471. The average Bonchev–Trinajstić information content (AvgIpc) is 3.13. The van der Waals surface area contributed by atoms with Crippen molar-refractivity contribution in [1.82, 2.24) is 10.3 Å². The summed E-state index contributed by atoms with van der Waals surface area (Å²) in [5.74, 6) is -0.401. The number of carbonyl (C=O) groups is 2. The van der Waals surface area contributed by atoms with Gasteiger partial charge in [-0.2, -0.15) is 0 Å². The van der Waals surface area contributed by atoms with Crippen molar-refractivity contribution in [2.24, 2.45) is 11.3 Å². The summed E-state index contributed by atoms with van der Waals surface area (Å²) in [6.07, 6.45) is 0.245. The van der Waals surface area contributed by atoms with E-state index in [9.17, 15) is 9.59 Å². The van der Waals surface area contributed by atoms with Crippen LogP contribution in [-0.2, 0) is 14.3 Å². The van der Waals surface area contributed by atoms with Crippen LogP contribution in [0.3, 0.4) is 0 Å². The Morgan fingerprint density at radius 2 is 2.25 bits per heavy atom. The first kappa shape index (κ1) is 15.5. The van der Waals surface area contributed by atoms with Crippen molar-refractivity contribution in [2.45, 2.75) is 13.3 Å². The Kier molecular flexibility index (Phi) is 3.77. The normalized spacial score (nSPS) is 22.6. The number of hydrogen-bond donors (Lipinski definition) is 1. The SMILES string of the molecule is CC1(CNC(=O)C2CC(=O)N(c3nc4ccccc4s3)C2)COC1. The highest BCUT2D eigenvalue weighted by atomic mass is 32.1. The molecule has 0 saturated carbocycles. The molecule has 2 aromatic rings. The van der Waals surface area contributed by atoms with Crippen LogP contribution < -0.4 is 10.2 Å². The van der Waals surface area contributed by atoms with Crippen molar-refractivity contribution in [3.8, 4) is 0 Å².